The number of rotatable bonds is 5. The van der Waals surface area contributed by atoms with Gasteiger partial charge in [-0.3, -0.25) is 9.69 Å². The van der Waals surface area contributed by atoms with Crippen molar-refractivity contribution in [2.24, 2.45) is 11.7 Å². The average Bonchev–Trinajstić information content (AvgIpc) is 3.29. The van der Waals surface area contributed by atoms with E-state index in [4.69, 9.17) is 15.5 Å². The maximum atomic E-state index is 11.9. The molecule has 4 rings (SSSR count). The van der Waals surface area contributed by atoms with Crippen LogP contribution < -0.4 is 15.5 Å². The van der Waals surface area contributed by atoms with E-state index >= 15 is 0 Å². The average molecular weight is 431 g/mol. The fourth-order valence-electron chi connectivity index (χ4n) is 3.98. The number of hydrogen-bond acceptors (Lipinski definition) is 8. The number of fused-ring (bicyclic) bond motifs is 1. The number of aromatic nitrogens is 1. The summed E-state index contributed by atoms with van der Waals surface area (Å²) in [7, 11) is 0. The van der Waals surface area contributed by atoms with Gasteiger partial charge in [0.15, 0.2) is 11.4 Å². The van der Waals surface area contributed by atoms with E-state index in [1.807, 2.05) is 19.1 Å². The SMILES string of the molecule is CC1OC=C(C(N)=O)N1c1cc2sc(N3CCC(C=O)CC3)nc2cc1C(C)(C)O. The number of carbonyl (C=O) groups excluding carboxylic acids is 2. The molecule has 2 aliphatic heterocycles. The van der Waals surface area contributed by atoms with E-state index in [1.54, 1.807) is 30.1 Å². The predicted molar refractivity (Wildman–Crippen MR) is 116 cm³/mol. The van der Waals surface area contributed by atoms with Crippen LogP contribution in [0.3, 0.4) is 0 Å². The van der Waals surface area contributed by atoms with Crippen LogP contribution in [0.4, 0.5) is 10.8 Å². The first-order valence-corrected chi connectivity index (χ1v) is 10.8. The molecule has 3 heterocycles. The van der Waals surface area contributed by atoms with Crippen molar-refractivity contribution in [3.8, 4) is 0 Å². The van der Waals surface area contributed by atoms with Crippen LogP contribution >= 0.6 is 11.3 Å². The van der Waals surface area contributed by atoms with E-state index in [0.717, 1.165) is 47.6 Å². The largest absolute Gasteiger partial charge is 0.476 e. The molecule has 1 atom stereocenters. The number of carbonyl (C=O) groups is 2. The van der Waals surface area contributed by atoms with Crippen molar-refractivity contribution in [1.29, 1.82) is 0 Å². The topological polar surface area (TPSA) is 109 Å². The van der Waals surface area contributed by atoms with Crippen molar-refractivity contribution < 1.29 is 19.4 Å². The molecule has 160 valence electrons. The minimum atomic E-state index is -1.17. The number of thiazole rings is 1. The highest BCUT2D eigenvalue weighted by Gasteiger charge is 2.34. The van der Waals surface area contributed by atoms with Gasteiger partial charge in [0.25, 0.3) is 5.91 Å². The number of nitrogens with zero attached hydrogens (tertiary/aromatic N) is 3. The number of ether oxygens (including phenoxy) is 1. The molecule has 0 bridgehead atoms. The summed E-state index contributed by atoms with van der Waals surface area (Å²) >= 11 is 1.56. The summed E-state index contributed by atoms with van der Waals surface area (Å²) in [6.45, 7) is 6.80. The van der Waals surface area contributed by atoms with Gasteiger partial charge in [-0.2, -0.15) is 0 Å². The maximum absolute atomic E-state index is 11.9. The third-order valence-corrected chi connectivity index (χ3v) is 6.75. The van der Waals surface area contributed by atoms with Crippen LogP contribution in [0, 0.1) is 5.92 Å². The van der Waals surface area contributed by atoms with Crippen LogP contribution in [0.5, 0.6) is 0 Å². The summed E-state index contributed by atoms with van der Waals surface area (Å²) in [6.07, 6.45) is 3.63. The van der Waals surface area contributed by atoms with Gasteiger partial charge in [-0.05, 0) is 45.7 Å². The van der Waals surface area contributed by atoms with Gasteiger partial charge in [0.2, 0.25) is 0 Å². The molecule has 0 aliphatic carbocycles. The normalized spacial score (nSPS) is 20.4. The zero-order chi connectivity index (χ0) is 21.6. The standard InChI is InChI=1S/C21H26N4O4S/c1-12-25(17(11-29-12)19(22)27)16-9-18-15(8-14(16)21(2,3)28)23-20(30-18)24-6-4-13(10-26)5-7-24/h8-13,28H,4-7H2,1-3H3,(H2,22,27). The van der Waals surface area contributed by atoms with Crippen LogP contribution in [0.1, 0.15) is 39.2 Å². The van der Waals surface area contributed by atoms with Gasteiger partial charge in [-0.25, -0.2) is 4.98 Å². The van der Waals surface area contributed by atoms with Crippen molar-refractivity contribution in [2.45, 2.75) is 45.4 Å². The molecule has 1 aromatic heterocycles. The highest BCUT2D eigenvalue weighted by atomic mass is 32.1. The quantitative estimate of drug-likeness (QED) is 0.701. The lowest BCUT2D eigenvalue weighted by atomic mass is 9.95. The monoisotopic (exact) mass is 430 g/mol. The molecule has 2 aliphatic rings. The molecule has 1 unspecified atom stereocenters. The number of aldehydes is 1. The Morgan fingerprint density at radius 1 is 1.37 bits per heavy atom. The number of benzene rings is 1. The number of amides is 1. The molecular weight excluding hydrogens is 404 g/mol. The third kappa shape index (κ3) is 3.63. The van der Waals surface area contributed by atoms with Gasteiger partial charge in [-0.1, -0.05) is 11.3 Å². The Balaban J connectivity index is 1.78. The Morgan fingerprint density at radius 3 is 2.67 bits per heavy atom. The fraction of sp³-hybridized carbons (Fsp3) is 0.476. The first kappa shape index (κ1) is 20.6. The highest BCUT2D eigenvalue weighted by molar-refractivity contribution is 7.22. The second kappa shape index (κ2) is 7.55. The van der Waals surface area contributed by atoms with Crippen LogP contribution in [0.2, 0.25) is 0 Å². The van der Waals surface area contributed by atoms with E-state index in [9.17, 15) is 14.7 Å². The Kier molecular flexibility index (Phi) is 5.19. The summed E-state index contributed by atoms with van der Waals surface area (Å²) in [5, 5.41) is 11.7. The molecule has 30 heavy (non-hydrogen) atoms. The summed E-state index contributed by atoms with van der Waals surface area (Å²) in [5.74, 6) is -0.469. The number of nitrogens with two attached hydrogens (primary N) is 1. The van der Waals surface area contributed by atoms with Crippen molar-refractivity contribution >= 4 is 44.6 Å². The smallest absolute Gasteiger partial charge is 0.268 e. The van der Waals surface area contributed by atoms with Crippen LogP contribution in [0.15, 0.2) is 24.1 Å². The first-order valence-electron chi connectivity index (χ1n) is 10.0. The molecule has 2 aromatic rings. The van der Waals surface area contributed by atoms with Gasteiger partial charge >= 0.3 is 0 Å². The zero-order valence-corrected chi connectivity index (χ0v) is 18.1. The molecule has 1 aromatic carbocycles. The number of primary amides is 1. The van der Waals surface area contributed by atoms with Gasteiger partial charge < -0.3 is 25.3 Å². The fourth-order valence-corrected chi connectivity index (χ4v) is 5.01. The van der Waals surface area contributed by atoms with E-state index in [-0.39, 0.29) is 11.6 Å². The van der Waals surface area contributed by atoms with Gasteiger partial charge in [0, 0.05) is 24.6 Å². The van der Waals surface area contributed by atoms with Crippen molar-refractivity contribution in [2.75, 3.05) is 22.9 Å². The molecule has 1 fully saturated rings. The molecule has 0 radical (unpaired) electrons. The Labute approximate surface area is 178 Å². The van der Waals surface area contributed by atoms with Gasteiger partial charge in [-0.15, -0.1) is 0 Å². The van der Waals surface area contributed by atoms with Crippen molar-refractivity contribution in [1.82, 2.24) is 4.98 Å². The van der Waals surface area contributed by atoms with E-state index in [1.165, 1.54) is 6.26 Å². The summed E-state index contributed by atoms with van der Waals surface area (Å²) < 4.78 is 6.47. The van der Waals surface area contributed by atoms with Gasteiger partial charge in [0.05, 0.1) is 21.5 Å². The molecule has 3 N–H and O–H groups in total. The predicted octanol–water partition coefficient (Wildman–Crippen LogP) is 2.45. The van der Waals surface area contributed by atoms with E-state index in [2.05, 4.69) is 4.90 Å². The summed E-state index contributed by atoms with van der Waals surface area (Å²) in [5.41, 5.74) is 6.71. The Hall–Kier alpha value is -2.65. The highest BCUT2D eigenvalue weighted by Crippen LogP contribution is 2.41. The number of anilines is 2. The number of piperidine rings is 1. The second-order valence-corrected chi connectivity index (χ2v) is 9.33. The molecule has 0 saturated carbocycles. The summed E-state index contributed by atoms with van der Waals surface area (Å²) in [4.78, 5) is 31.7. The molecule has 1 amide bonds. The molecule has 8 nitrogen and oxygen atoms in total. The van der Waals surface area contributed by atoms with Crippen LogP contribution in [-0.2, 0) is 19.9 Å². The molecular formula is C21H26N4O4S. The molecule has 0 spiro atoms. The third-order valence-electron chi connectivity index (χ3n) is 5.67. The lowest BCUT2D eigenvalue weighted by Crippen LogP contribution is -2.36. The first-order chi connectivity index (χ1) is 14.2. The minimum absolute atomic E-state index is 0.125. The minimum Gasteiger partial charge on any atom is -0.476 e. The van der Waals surface area contributed by atoms with E-state index < -0.39 is 17.7 Å². The zero-order valence-electron chi connectivity index (χ0n) is 17.3. The lowest BCUT2D eigenvalue weighted by Gasteiger charge is -2.30. The van der Waals surface area contributed by atoms with Crippen molar-refractivity contribution in [3.63, 3.8) is 0 Å². The Bertz CT molecular complexity index is 1020. The summed E-state index contributed by atoms with van der Waals surface area (Å²) in [6, 6.07) is 3.80. The maximum Gasteiger partial charge on any atom is 0.268 e. The number of aliphatic hydroxyl groups is 1. The van der Waals surface area contributed by atoms with Crippen molar-refractivity contribution in [3.05, 3.63) is 29.7 Å². The molecule has 9 heteroatoms. The van der Waals surface area contributed by atoms with Crippen LogP contribution in [0.25, 0.3) is 10.2 Å². The Morgan fingerprint density at radius 2 is 2.07 bits per heavy atom. The lowest BCUT2D eigenvalue weighted by molar-refractivity contribution is -0.114. The van der Waals surface area contributed by atoms with E-state index in [0.29, 0.717) is 11.3 Å². The van der Waals surface area contributed by atoms with Crippen LogP contribution in [-0.4, -0.2) is 41.6 Å². The molecule has 1 saturated heterocycles. The van der Waals surface area contributed by atoms with Gasteiger partial charge in [0.1, 0.15) is 18.2 Å². The second-order valence-electron chi connectivity index (χ2n) is 8.33. The number of hydrogen-bond donors (Lipinski definition) is 2.